The van der Waals surface area contributed by atoms with Crippen LogP contribution in [0, 0.1) is 0 Å². The van der Waals surface area contributed by atoms with E-state index in [0.717, 1.165) is 27.5 Å². The van der Waals surface area contributed by atoms with E-state index in [1.54, 1.807) is 6.26 Å². The van der Waals surface area contributed by atoms with Gasteiger partial charge in [-0.15, -0.1) is 11.3 Å². The fourth-order valence-electron chi connectivity index (χ4n) is 7.91. The first-order valence-corrected chi connectivity index (χ1v) is 16.7. The van der Waals surface area contributed by atoms with E-state index in [-0.39, 0.29) is 0 Å². The molecule has 3 aromatic heterocycles. The van der Waals surface area contributed by atoms with Gasteiger partial charge < -0.3 is 8.83 Å². The summed E-state index contributed by atoms with van der Waals surface area (Å²) in [4.78, 5) is 0. The minimum absolute atomic E-state index is 0.910. The number of hydrogen-bond donors (Lipinski definition) is 0. The quantitative estimate of drug-likeness (QED) is 0.181. The Labute approximate surface area is 272 Å². The molecule has 0 aliphatic carbocycles. The van der Waals surface area contributed by atoms with Gasteiger partial charge in [-0.25, -0.2) is 0 Å². The Bertz CT molecular complexity index is 3020. The Hall–Kier alpha value is -5.90. The van der Waals surface area contributed by atoms with Crippen LogP contribution in [0.25, 0.3) is 108 Å². The van der Waals surface area contributed by atoms with Gasteiger partial charge >= 0.3 is 0 Å². The van der Waals surface area contributed by atoms with Crippen LogP contribution in [0.4, 0.5) is 0 Å². The second-order valence-corrected chi connectivity index (χ2v) is 13.4. The van der Waals surface area contributed by atoms with E-state index in [2.05, 4.69) is 133 Å². The van der Waals surface area contributed by atoms with Gasteiger partial charge in [-0.05, 0) is 73.3 Å². The zero-order chi connectivity index (χ0) is 30.6. The fourth-order valence-corrected chi connectivity index (χ4v) is 9.23. The molecule has 0 spiro atoms. The monoisotopic (exact) mass is 616 g/mol. The third-order valence-corrected chi connectivity index (χ3v) is 11.2. The Kier molecular flexibility index (Phi) is 5.02. The minimum Gasteiger partial charge on any atom is -0.463 e. The zero-order valence-corrected chi connectivity index (χ0v) is 25.9. The molecule has 0 fully saturated rings. The highest BCUT2D eigenvalue weighted by molar-refractivity contribution is 7.27. The zero-order valence-electron chi connectivity index (χ0n) is 25.1. The van der Waals surface area contributed by atoms with E-state index in [0.29, 0.717) is 0 Å². The molecule has 0 aliphatic rings. The van der Waals surface area contributed by atoms with Crippen molar-refractivity contribution in [3.8, 4) is 22.3 Å². The van der Waals surface area contributed by atoms with Crippen molar-refractivity contribution < 1.29 is 8.83 Å². The van der Waals surface area contributed by atoms with E-state index in [1.807, 2.05) is 17.4 Å². The predicted octanol–water partition coefficient (Wildman–Crippen LogP) is 13.5. The van der Waals surface area contributed by atoms with Gasteiger partial charge in [0.05, 0.1) is 11.0 Å². The summed E-state index contributed by atoms with van der Waals surface area (Å²) in [6, 6.07) is 50.5. The molecule has 0 saturated heterocycles. The standard InChI is InChI=1S/C44H24O2S/c1-2-9-28-25(8-1)17-21-38-41(28)36-24-27(18-20-37(36)46-38)39-29-10-3-5-12-31(29)40(32-13-6-4-11-30(32)39)35-15-7-14-33-34-19-16-26-22-23-45-42(26)44(34)47-43(33)35/h1-24H. The normalized spacial score (nSPS) is 12.3. The Balaban J connectivity index is 1.25. The summed E-state index contributed by atoms with van der Waals surface area (Å²) in [5.41, 5.74) is 7.76. The Morgan fingerprint density at radius 2 is 1.09 bits per heavy atom. The third-order valence-electron chi connectivity index (χ3n) is 9.93. The van der Waals surface area contributed by atoms with Crippen LogP contribution in [0.3, 0.4) is 0 Å². The third kappa shape index (κ3) is 3.44. The van der Waals surface area contributed by atoms with Crippen molar-refractivity contribution in [1.82, 2.24) is 0 Å². The lowest BCUT2D eigenvalue weighted by molar-refractivity contribution is 0.619. The first kappa shape index (κ1) is 25.3. The SMILES string of the molecule is c1ccc2c(c1)ccc1oc3ccc(-c4c5ccccc5c(-c5cccc6c5sc5c6ccc6ccoc65)c5ccccc45)cc3c12. The van der Waals surface area contributed by atoms with Crippen molar-refractivity contribution in [2.75, 3.05) is 0 Å². The first-order chi connectivity index (χ1) is 23.3. The average molecular weight is 617 g/mol. The molecular formula is C44H24O2S. The van der Waals surface area contributed by atoms with Gasteiger partial charge in [0.1, 0.15) is 11.2 Å². The molecule has 11 rings (SSSR count). The molecule has 47 heavy (non-hydrogen) atoms. The molecule has 3 heteroatoms. The van der Waals surface area contributed by atoms with Crippen molar-refractivity contribution >= 4 is 96.7 Å². The molecule has 0 aliphatic heterocycles. The highest BCUT2D eigenvalue weighted by atomic mass is 32.1. The number of fused-ring (bicyclic) bond motifs is 12. The van der Waals surface area contributed by atoms with Crippen LogP contribution in [0.5, 0.6) is 0 Å². The van der Waals surface area contributed by atoms with Gasteiger partial charge in [-0.3, -0.25) is 0 Å². The van der Waals surface area contributed by atoms with Crippen LogP contribution >= 0.6 is 11.3 Å². The average Bonchev–Trinajstić information content (AvgIpc) is 3.85. The van der Waals surface area contributed by atoms with Gasteiger partial charge in [0.2, 0.25) is 0 Å². The van der Waals surface area contributed by atoms with Crippen LogP contribution in [0.1, 0.15) is 0 Å². The second-order valence-electron chi connectivity index (χ2n) is 12.4. The van der Waals surface area contributed by atoms with E-state index in [4.69, 9.17) is 8.83 Å². The summed E-state index contributed by atoms with van der Waals surface area (Å²) in [5.74, 6) is 0. The maximum atomic E-state index is 6.39. The topological polar surface area (TPSA) is 26.3 Å². The second kappa shape index (κ2) is 9.32. The Morgan fingerprint density at radius 3 is 1.89 bits per heavy atom. The summed E-state index contributed by atoms with van der Waals surface area (Å²) in [5, 5.41) is 13.4. The fraction of sp³-hybridized carbons (Fsp3) is 0. The highest BCUT2D eigenvalue weighted by Crippen LogP contribution is 2.49. The molecule has 0 bridgehead atoms. The van der Waals surface area contributed by atoms with E-state index >= 15 is 0 Å². The maximum absolute atomic E-state index is 6.39. The van der Waals surface area contributed by atoms with Crippen molar-refractivity contribution in [2.24, 2.45) is 0 Å². The van der Waals surface area contributed by atoms with Gasteiger partial charge in [-0.2, -0.15) is 0 Å². The van der Waals surface area contributed by atoms with Crippen LogP contribution in [-0.4, -0.2) is 0 Å². The van der Waals surface area contributed by atoms with Crippen LogP contribution in [0.15, 0.2) is 155 Å². The van der Waals surface area contributed by atoms with Gasteiger partial charge in [-0.1, -0.05) is 115 Å². The molecule has 0 atom stereocenters. The first-order valence-electron chi connectivity index (χ1n) is 15.9. The summed E-state index contributed by atoms with van der Waals surface area (Å²) in [7, 11) is 0. The van der Waals surface area contributed by atoms with Gasteiger partial charge in [0.25, 0.3) is 0 Å². The summed E-state index contributed by atoms with van der Waals surface area (Å²) < 4.78 is 14.9. The van der Waals surface area contributed by atoms with Crippen LogP contribution in [-0.2, 0) is 0 Å². The van der Waals surface area contributed by atoms with Crippen molar-refractivity contribution in [3.63, 3.8) is 0 Å². The molecule has 218 valence electrons. The molecule has 0 saturated carbocycles. The van der Waals surface area contributed by atoms with E-state index in [1.165, 1.54) is 80.1 Å². The molecule has 8 aromatic carbocycles. The van der Waals surface area contributed by atoms with Crippen molar-refractivity contribution in [1.29, 1.82) is 0 Å². The summed E-state index contributed by atoms with van der Waals surface area (Å²) in [6.07, 6.45) is 1.79. The molecule has 0 N–H and O–H groups in total. The predicted molar refractivity (Wildman–Crippen MR) is 200 cm³/mol. The smallest absolute Gasteiger partial charge is 0.151 e. The molecule has 0 amide bonds. The maximum Gasteiger partial charge on any atom is 0.151 e. The number of benzene rings is 8. The van der Waals surface area contributed by atoms with Crippen LogP contribution < -0.4 is 0 Å². The lowest BCUT2D eigenvalue weighted by Gasteiger charge is -2.18. The molecular weight excluding hydrogens is 593 g/mol. The Morgan fingerprint density at radius 1 is 0.426 bits per heavy atom. The summed E-state index contributed by atoms with van der Waals surface area (Å²) in [6.45, 7) is 0. The molecule has 11 aromatic rings. The van der Waals surface area contributed by atoms with Crippen molar-refractivity contribution in [3.05, 3.63) is 146 Å². The van der Waals surface area contributed by atoms with Gasteiger partial charge in [0, 0.05) is 37.2 Å². The lowest BCUT2D eigenvalue weighted by Crippen LogP contribution is -1.91. The summed E-state index contributed by atoms with van der Waals surface area (Å²) >= 11 is 1.84. The van der Waals surface area contributed by atoms with E-state index < -0.39 is 0 Å². The largest absolute Gasteiger partial charge is 0.463 e. The number of furan rings is 2. The number of hydrogen-bond acceptors (Lipinski definition) is 3. The molecule has 0 radical (unpaired) electrons. The van der Waals surface area contributed by atoms with Gasteiger partial charge in [0.15, 0.2) is 5.58 Å². The number of rotatable bonds is 2. The molecule has 2 nitrogen and oxygen atoms in total. The van der Waals surface area contributed by atoms with Crippen molar-refractivity contribution in [2.45, 2.75) is 0 Å². The molecule has 3 heterocycles. The van der Waals surface area contributed by atoms with Crippen LogP contribution in [0.2, 0.25) is 0 Å². The lowest BCUT2D eigenvalue weighted by atomic mass is 9.85. The minimum atomic E-state index is 0.910. The highest BCUT2D eigenvalue weighted by Gasteiger charge is 2.21. The number of thiophene rings is 1. The van der Waals surface area contributed by atoms with E-state index in [9.17, 15) is 0 Å². The molecule has 0 unspecified atom stereocenters.